The molecule has 2 aromatic heterocycles. The van der Waals surface area contributed by atoms with E-state index in [2.05, 4.69) is 16.9 Å². The molecule has 2 aromatic rings. The fourth-order valence-corrected chi connectivity index (χ4v) is 4.12. The number of rotatable bonds is 11. The maximum absolute atomic E-state index is 12.6. The molecule has 0 aromatic carbocycles. The van der Waals surface area contributed by atoms with Crippen LogP contribution in [0.2, 0.25) is 0 Å². The van der Waals surface area contributed by atoms with Gasteiger partial charge in [-0.25, -0.2) is 9.78 Å². The summed E-state index contributed by atoms with van der Waals surface area (Å²) in [7, 11) is 0. The van der Waals surface area contributed by atoms with E-state index in [1.165, 1.54) is 11.3 Å². The van der Waals surface area contributed by atoms with Gasteiger partial charge in [0, 0.05) is 13.2 Å². The second kappa shape index (κ2) is 10.7. The minimum absolute atomic E-state index is 0.268. The van der Waals surface area contributed by atoms with Crippen LogP contribution in [0.5, 0.6) is 0 Å². The molecule has 0 spiro atoms. The average molecular weight is 412 g/mol. The molecule has 156 valence electrons. The predicted molar refractivity (Wildman–Crippen MR) is 109 cm³/mol. The standard InChI is InChI=1S/C19H29N3O5S/c1-5-8-22(9-13(23)11-26-6-2)10-14-20-17(24)15-12(4)16(19(25)27-7-3)28-18(15)21-14/h13,23H,5-11H2,1-4H3,(H,20,21,24). The van der Waals surface area contributed by atoms with Gasteiger partial charge in [-0.2, -0.15) is 0 Å². The lowest BCUT2D eigenvalue weighted by Gasteiger charge is -2.24. The van der Waals surface area contributed by atoms with Crippen molar-refractivity contribution in [2.45, 2.75) is 46.8 Å². The van der Waals surface area contributed by atoms with Crippen molar-refractivity contribution in [3.05, 3.63) is 26.6 Å². The topological polar surface area (TPSA) is 105 Å². The summed E-state index contributed by atoms with van der Waals surface area (Å²) in [6.07, 6.45) is 0.292. The minimum Gasteiger partial charge on any atom is -0.462 e. The third-order valence-corrected chi connectivity index (χ3v) is 5.37. The molecule has 2 rings (SSSR count). The molecule has 0 fully saturated rings. The zero-order chi connectivity index (χ0) is 20.7. The number of aromatic amines is 1. The molecular weight excluding hydrogens is 382 g/mol. The Labute approximate surface area is 168 Å². The van der Waals surface area contributed by atoms with Crippen LogP contribution in [-0.4, -0.2) is 65.0 Å². The molecule has 1 unspecified atom stereocenters. The molecule has 8 nitrogen and oxygen atoms in total. The Hall–Kier alpha value is -1.81. The summed E-state index contributed by atoms with van der Waals surface area (Å²) in [5, 5.41) is 10.6. The van der Waals surface area contributed by atoms with Gasteiger partial charge in [0.05, 0.1) is 31.2 Å². The first kappa shape index (κ1) is 22.5. The largest absolute Gasteiger partial charge is 0.462 e. The van der Waals surface area contributed by atoms with Crippen LogP contribution in [-0.2, 0) is 16.0 Å². The number of nitrogens with zero attached hydrogens (tertiary/aromatic N) is 2. The van der Waals surface area contributed by atoms with Crippen LogP contribution in [0.25, 0.3) is 10.2 Å². The van der Waals surface area contributed by atoms with Crippen molar-refractivity contribution in [2.24, 2.45) is 0 Å². The van der Waals surface area contributed by atoms with Crippen LogP contribution < -0.4 is 5.56 Å². The smallest absolute Gasteiger partial charge is 0.348 e. The first-order valence-electron chi connectivity index (χ1n) is 9.58. The molecule has 2 N–H and O–H groups in total. The summed E-state index contributed by atoms with van der Waals surface area (Å²) in [6, 6.07) is 0. The Kier molecular flexibility index (Phi) is 8.56. The number of carbonyl (C=O) groups excluding carboxylic acids is 1. The average Bonchev–Trinajstić information content (AvgIpc) is 2.97. The number of hydrogen-bond acceptors (Lipinski definition) is 8. The Morgan fingerprint density at radius 2 is 2.07 bits per heavy atom. The first-order chi connectivity index (χ1) is 13.4. The van der Waals surface area contributed by atoms with Crippen molar-refractivity contribution in [1.82, 2.24) is 14.9 Å². The second-order valence-corrected chi connectivity index (χ2v) is 7.52. The highest BCUT2D eigenvalue weighted by atomic mass is 32.1. The van der Waals surface area contributed by atoms with Gasteiger partial charge in [0.2, 0.25) is 0 Å². The quantitative estimate of drug-likeness (QED) is 0.546. The number of nitrogens with one attached hydrogen (secondary N) is 1. The summed E-state index contributed by atoms with van der Waals surface area (Å²) < 4.78 is 10.3. The van der Waals surface area contributed by atoms with Gasteiger partial charge in [-0.05, 0) is 39.3 Å². The number of esters is 1. The van der Waals surface area contributed by atoms with Crippen molar-refractivity contribution in [3.8, 4) is 0 Å². The van der Waals surface area contributed by atoms with Gasteiger partial charge in [-0.1, -0.05) is 6.92 Å². The molecule has 0 saturated carbocycles. The van der Waals surface area contributed by atoms with E-state index in [1.54, 1.807) is 13.8 Å². The predicted octanol–water partition coefficient (Wildman–Crippen LogP) is 2.08. The third-order valence-electron chi connectivity index (χ3n) is 4.21. The zero-order valence-corrected chi connectivity index (χ0v) is 17.7. The SMILES string of the molecule is CCCN(Cc1nc2sc(C(=O)OCC)c(C)c2c(=O)[nH]1)CC(O)COCC. The van der Waals surface area contributed by atoms with E-state index in [9.17, 15) is 14.7 Å². The van der Waals surface area contributed by atoms with Gasteiger partial charge in [-0.15, -0.1) is 11.3 Å². The molecule has 0 aliphatic rings. The van der Waals surface area contributed by atoms with Crippen molar-refractivity contribution in [1.29, 1.82) is 0 Å². The number of aliphatic hydroxyl groups excluding tert-OH is 1. The normalized spacial score (nSPS) is 12.6. The lowest BCUT2D eigenvalue weighted by atomic mass is 10.2. The minimum atomic E-state index is -0.610. The molecular formula is C19H29N3O5S. The molecule has 0 amide bonds. The molecule has 0 saturated heterocycles. The number of aryl methyl sites for hydroxylation is 1. The summed E-state index contributed by atoms with van der Waals surface area (Å²) in [6.45, 7) is 10.1. The molecule has 2 heterocycles. The fourth-order valence-electron chi connectivity index (χ4n) is 3.02. The van der Waals surface area contributed by atoms with Crippen molar-refractivity contribution in [3.63, 3.8) is 0 Å². The van der Waals surface area contributed by atoms with Gasteiger partial charge in [0.1, 0.15) is 15.5 Å². The molecule has 0 aliphatic heterocycles. The molecule has 0 aliphatic carbocycles. The molecule has 28 heavy (non-hydrogen) atoms. The maximum atomic E-state index is 12.6. The van der Waals surface area contributed by atoms with Crippen LogP contribution in [0.1, 0.15) is 48.3 Å². The van der Waals surface area contributed by atoms with Gasteiger partial charge >= 0.3 is 5.97 Å². The monoisotopic (exact) mass is 411 g/mol. The number of thiophene rings is 1. The molecule has 0 radical (unpaired) electrons. The van der Waals surface area contributed by atoms with Crippen molar-refractivity contribution >= 4 is 27.5 Å². The summed E-state index contributed by atoms with van der Waals surface area (Å²) in [5.74, 6) is 0.0711. The zero-order valence-electron chi connectivity index (χ0n) is 16.9. The number of aromatic nitrogens is 2. The van der Waals surface area contributed by atoms with Crippen LogP contribution >= 0.6 is 11.3 Å². The van der Waals surface area contributed by atoms with E-state index in [0.717, 1.165) is 13.0 Å². The fraction of sp³-hybridized carbons (Fsp3) is 0.632. The maximum Gasteiger partial charge on any atom is 0.348 e. The molecule has 1 atom stereocenters. The van der Waals surface area contributed by atoms with Crippen LogP contribution in [0.3, 0.4) is 0 Å². The van der Waals surface area contributed by atoms with E-state index < -0.39 is 12.1 Å². The lowest BCUT2D eigenvalue weighted by molar-refractivity contribution is 0.0192. The number of ether oxygens (including phenoxy) is 2. The highest BCUT2D eigenvalue weighted by molar-refractivity contribution is 7.20. The molecule has 9 heteroatoms. The number of carbonyl (C=O) groups is 1. The summed E-state index contributed by atoms with van der Waals surface area (Å²) in [4.78, 5) is 35.0. The Bertz CT molecular complexity index is 848. The van der Waals surface area contributed by atoms with Gasteiger partial charge in [-0.3, -0.25) is 9.69 Å². The Balaban J connectivity index is 2.26. The van der Waals surface area contributed by atoms with Crippen LogP contribution in [0, 0.1) is 6.92 Å². The highest BCUT2D eigenvalue weighted by Crippen LogP contribution is 2.27. The van der Waals surface area contributed by atoms with Gasteiger partial charge in [0.25, 0.3) is 5.56 Å². The van der Waals surface area contributed by atoms with Crippen molar-refractivity contribution in [2.75, 3.05) is 32.9 Å². The number of aliphatic hydroxyl groups is 1. The first-order valence-corrected chi connectivity index (χ1v) is 10.4. The number of hydrogen-bond donors (Lipinski definition) is 2. The number of H-pyrrole nitrogens is 1. The van der Waals surface area contributed by atoms with E-state index in [4.69, 9.17) is 9.47 Å². The molecule has 0 bridgehead atoms. The lowest BCUT2D eigenvalue weighted by Crippen LogP contribution is -2.36. The highest BCUT2D eigenvalue weighted by Gasteiger charge is 2.21. The van der Waals surface area contributed by atoms with E-state index in [-0.39, 0.29) is 18.8 Å². The van der Waals surface area contributed by atoms with Crippen molar-refractivity contribution < 1.29 is 19.4 Å². The Morgan fingerprint density at radius 1 is 1.32 bits per heavy atom. The van der Waals surface area contributed by atoms with E-state index >= 15 is 0 Å². The van der Waals surface area contributed by atoms with E-state index in [1.807, 2.05) is 11.8 Å². The van der Waals surface area contributed by atoms with Gasteiger partial charge in [0.15, 0.2) is 0 Å². The Morgan fingerprint density at radius 3 is 2.71 bits per heavy atom. The third kappa shape index (κ3) is 5.60. The summed E-state index contributed by atoms with van der Waals surface area (Å²) >= 11 is 1.17. The van der Waals surface area contributed by atoms with Crippen LogP contribution in [0.15, 0.2) is 4.79 Å². The van der Waals surface area contributed by atoms with Gasteiger partial charge < -0.3 is 19.6 Å². The van der Waals surface area contributed by atoms with E-state index in [0.29, 0.717) is 46.2 Å². The van der Waals surface area contributed by atoms with Crippen LogP contribution in [0.4, 0.5) is 0 Å². The second-order valence-electron chi connectivity index (χ2n) is 6.52. The number of fused-ring (bicyclic) bond motifs is 1. The summed E-state index contributed by atoms with van der Waals surface area (Å²) in [5.41, 5.74) is 0.326.